The van der Waals surface area contributed by atoms with Gasteiger partial charge in [-0.15, -0.1) is 0 Å². The topological polar surface area (TPSA) is 105 Å². The maximum atomic E-state index is 13.9. The first-order valence-electron chi connectivity index (χ1n) is 11.8. The van der Waals surface area contributed by atoms with Gasteiger partial charge in [-0.1, -0.05) is 47.5 Å². The molecule has 2 amide bonds. The summed E-state index contributed by atoms with van der Waals surface area (Å²) >= 11 is 12.7. The number of halogens is 2. The number of benzene rings is 3. The maximum absolute atomic E-state index is 13.9. The van der Waals surface area contributed by atoms with Gasteiger partial charge < -0.3 is 19.7 Å². The molecule has 0 aliphatic carbocycles. The normalized spacial score (nSPS) is 11.8. The molecule has 3 rings (SSSR count). The number of sulfonamides is 1. The van der Waals surface area contributed by atoms with Gasteiger partial charge in [-0.05, 0) is 43.3 Å². The number of carbonyl (C=O) groups is 2. The van der Waals surface area contributed by atoms with Crippen molar-refractivity contribution in [2.75, 3.05) is 32.1 Å². The molecule has 1 N–H and O–H groups in total. The molecule has 3 aromatic carbocycles. The quantitative estimate of drug-likeness (QED) is 0.354. The van der Waals surface area contributed by atoms with E-state index >= 15 is 0 Å². The minimum atomic E-state index is -4.28. The van der Waals surface area contributed by atoms with E-state index in [4.69, 9.17) is 32.7 Å². The van der Waals surface area contributed by atoms with Crippen LogP contribution >= 0.6 is 23.2 Å². The molecule has 0 aliphatic rings. The van der Waals surface area contributed by atoms with Gasteiger partial charge in [0.1, 0.15) is 24.1 Å². The Morgan fingerprint density at radius 1 is 0.949 bits per heavy atom. The van der Waals surface area contributed by atoms with Crippen LogP contribution in [0, 0.1) is 0 Å². The predicted molar refractivity (Wildman–Crippen MR) is 151 cm³/mol. The van der Waals surface area contributed by atoms with Crippen LogP contribution in [0.25, 0.3) is 0 Å². The standard InChI is InChI=1S/C27H29Cl2N3O6S/c1-18(27(34)30-2)31(16-21-22(28)11-8-12-23(21)29)26(33)17-32(39(35,36)20-9-6-5-7-10-20)24-15-19(37-3)13-14-25(24)38-4/h5-15,18H,16-17H2,1-4H3,(H,30,34). The van der Waals surface area contributed by atoms with E-state index in [9.17, 15) is 18.0 Å². The van der Waals surface area contributed by atoms with Crippen molar-refractivity contribution in [2.24, 2.45) is 0 Å². The van der Waals surface area contributed by atoms with E-state index in [2.05, 4.69) is 5.32 Å². The number of hydrogen-bond donors (Lipinski definition) is 1. The summed E-state index contributed by atoms with van der Waals surface area (Å²) in [6.07, 6.45) is 0. The summed E-state index contributed by atoms with van der Waals surface area (Å²) in [5, 5.41) is 3.12. The van der Waals surface area contributed by atoms with Gasteiger partial charge in [0.05, 0.1) is 24.8 Å². The van der Waals surface area contributed by atoms with Crippen LogP contribution in [0.4, 0.5) is 5.69 Å². The van der Waals surface area contributed by atoms with Crippen molar-refractivity contribution in [1.29, 1.82) is 0 Å². The first-order chi connectivity index (χ1) is 18.5. The van der Waals surface area contributed by atoms with Gasteiger partial charge in [-0.2, -0.15) is 0 Å². The molecule has 0 fully saturated rings. The number of nitrogens with zero attached hydrogens (tertiary/aromatic N) is 2. The fourth-order valence-electron chi connectivity index (χ4n) is 3.87. The zero-order chi connectivity index (χ0) is 28.7. The number of anilines is 1. The molecule has 0 spiro atoms. The van der Waals surface area contributed by atoms with Gasteiger partial charge in [0.15, 0.2) is 0 Å². The van der Waals surface area contributed by atoms with Crippen molar-refractivity contribution in [1.82, 2.24) is 10.2 Å². The maximum Gasteiger partial charge on any atom is 0.264 e. The summed E-state index contributed by atoms with van der Waals surface area (Å²) in [6, 6.07) is 16.2. The Balaban J connectivity index is 2.15. The van der Waals surface area contributed by atoms with E-state index in [0.717, 1.165) is 4.31 Å². The number of ether oxygens (including phenoxy) is 2. The first kappa shape index (κ1) is 30.1. The molecule has 0 aliphatic heterocycles. The number of methoxy groups -OCH3 is 2. The van der Waals surface area contributed by atoms with Gasteiger partial charge in [-0.3, -0.25) is 13.9 Å². The molecule has 3 aromatic rings. The molecular formula is C27H29Cl2N3O6S. The molecule has 0 heterocycles. The lowest BCUT2D eigenvalue weighted by Crippen LogP contribution is -2.50. The SMILES string of the molecule is CNC(=O)C(C)N(Cc1c(Cl)cccc1Cl)C(=O)CN(c1cc(OC)ccc1OC)S(=O)(=O)c1ccccc1. The van der Waals surface area contributed by atoms with Crippen LogP contribution in [-0.4, -0.2) is 59.0 Å². The highest BCUT2D eigenvalue weighted by atomic mass is 35.5. The summed E-state index contributed by atoms with van der Waals surface area (Å²) in [5.74, 6) is -0.581. The third kappa shape index (κ3) is 6.76. The molecular weight excluding hydrogens is 565 g/mol. The summed E-state index contributed by atoms with van der Waals surface area (Å²) in [6.45, 7) is 0.730. The average Bonchev–Trinajstić information content (AvgIpc) is 2.94. The highest BCUT2D eigenvalue weighted by Gasteiger charge is 2.34. The van der Waals surface area contributed by atoms with E-state index in [1.807, 2.05) is 0 Å². The smallest absolute Gasteiger partial charge is 0.264 e. The van der Waals surface area contributed by atoms with E-state index in [-0.39, 0.29) is 22.9 Å². The average molecular weight is 595 g/mol. The van der Waals surface area contributed by atoms with Crippen LogP contribution in [0.15, 0.2) is 71.6 Å². The lowest BCUT2D eigenvalue weighted by atomic mass is 10.1. The van der Waals surface area contributed by atoms with E-state index in [0.29, 0.717) is 21.4 Å². The second-order valence-electron chi connectivity index (χ2n) is 8.37. The lowest BCUT2D eigenvalue weighted by Gasteiger charge is -2.32. The van der Waals surface area contributed by atoms with Gasteiger partial charge >= 0.3 is 0 Å². The Bertz CT molecular complexity index is 1420. The minimum absolute atomic E-state index is 0.0391. The summed E-state index contributed by atoms with van der Waals surface area (Å²) in [7, 11) is -0.0156. The van der Waals surface area contributed by atoms with Crippen LogP contribution in [0.5, 0.6) is 11.5 Å². The Morgan fingerprint density at radius 2 is 1.59 bits per heavy atom. The zero-order valence-electron chi connectivity index (χ0n) is 21.9. The van der Waals surface area contributed by atoms with Crippen LogP contribution in [-0.2, 0) is 26.2 Å². The Morgan fingerprint density at radius 3 is 2.15 bits per heavy atom. The van der Waals surface area contributed by atoms with Gasteiger partial charge in [0.25, 0.3) is 10.0 Å². The third-order valence-corrected chi connectivity index (χ3v) is 8.55. The van der Waals surface area contributed by atoms with Crippen LogP contribution in [0.3, 0.4) is 0 Å². The molecule has 9 nitrogen and oxygen atoms in total. The Labute approximate surface area is 238 Å². The van der Waals surface area contributed by atoms with Crippen LogP contribution < -0.4 is 19.1 Å². The molecule has 1 atom stereocenters. The number of carbonyl (C=O) groups excluding carboxylic acids is 2. The van der Waals surface area contributed by atoms with Gasteiger partial charge in [0, 0.05) is 35.3 Å². The van der Waals surface area contributed by atoms with Crippen molar-refractivity contribution < 1.29 is 27.5 Å². The number of nitrogens with one attached hydrogen (secondary N) is 1. The largest absolute Gasteiger partial charge is 0.497 e. The highest BCUT2D eigenvalue weighted by molar-refractivity contribution is 7.92. The van der Waals surface area contributed by atoms with E-state index < -0.39 is 34.4 Å². The number of hydrogen-bond acceptors (Lipinski definition) is 6. The van der Waals surface area contributed by atoms with Gasteiger partial charge in [0.2, 0.25) is 11.8 Å². The molecule has 0 saturated heterocycles. The summed E-state index contributed by atoms with van der Waals surface area (Å²) < 4.78 is 39.5. The fraction of sp³-hybridized carbons (Fsp3) is 0.259. The first-order valence-corrected chi connectivity index (χ1v) is 14.0. The van der Waals surface area contributed by atoms with Crippen molar-refractivity contribution in [3.05, 3.63) is 82.3 Å². The van der Waals surface area contributed by atoms with Gasteiger partial charge in [-0.25, -0.2) is 8.42 Å². The van der Waals surface area contributed by atoms with Crippen LogP contribution in [0.2, 0.25) is 10.0 Å². The van der Waals surface area contributed by atoms with Crippen molar-refractivity contribution >= 4 is 50.7 Å². The third-order valence-electron chi connectivity index (χ3n) is 6.07. The molecule has 0 bridgehead atoms. The summed E-state index contributed by atoms with van der Waals surface area (Å²) in [4.78, 5) is 27.8. The molecule has 39 heavy (non-hydrogen) atoms. The van der Waals surface area contributed by atoms with Crippen molar-refractivity contribution in [2.45, 2.75) is 24.4 Å². The van der Waals surface area contributed by atoms with Crippen molar-refractivity contribution in [3.8, 4) is 11.5 Å². The molecule has 0 aromatic heterocycles. The van der Waals surface area contributed by atoms with Crippen LogP contribution in [0.1, 0.15) is 12.5 Å². The molecule has 12 heteroatoms. The van der Waals surface area contributed by atoms with Crippen molar-refractivity contribution in [3.63, 3.8) is 0 Å². The second kappa shape index (κ2) is 13.1. The molecule has 0 saturated carbocycles. The predicted octanol–water partition coefficient (Wildman–Crippen LogP) is 4.37. The highest BCUT2D eigenvalue weighted by Crippen LogP contribution is 2.36. The number of rotatable bonds is 11. The number of likely N-dealkylation sites (N-methyl/N-ethyl adjacent to an activating group) is 1. The second-order valence-corrected chi connectivity index (χ2v) is 11.1. The molecule has 1 unspecified atom stereocenters. The monoisotopic (exact) mass is 593 g/mol. The van der Waals surface area contributed by atoms with E-state index in [1.165, 1.54) is 51.3 Å². The Kier molecular flexibility index (Phi) is 10.1. The summed E-state index contributed by atoms with van der Waals surface area (Å²) in [5.41, 5.74) is 0.499. The zero-order valence-corrected chi connectivity index (χ0v) is 24.2. The fourth-order valence-corrected chi connectivity index (χ4v) is 5.82. The Hall–Kier alpha value is -3.47. The lowest BCUT2D eigenvalue weighted by molar-refractivity contribution is -0.139. The molecule has 0 radical (unpaired) electrons. The minimum Gasteiger partial charge on any atom is -0.497 e. The van der Waals surface area contributed by atoms with E-state index in [1.54, 1.807) is 48.5 Å². The number of amides is 2. The molecule has 208 valence electrons.